The number of carboxylic acid groups (broad SMARTS) is 1. The molecule has 1 amide bonds. The fourth-order valence-electron chi connectivity index (χ4n) is 3.79. The number of ether oxygens (including phenoxy) is 2. The minimum Gasteiger partial charge on any atom is -0.497 e. The second kappa shape index (κ2) is 6.94. The van der Waals surface area contributed by atoms with E-state index in [9.17, 15) is 14.7 Å². The van der Waals surface area contributed by atoms with Crippen LogP contribution in [0.5, 0.6) is 11.5 Å². The molecule has 1 aromatic rings. The van der Waals surface area contributed by atoms with Gasteiger partial charge in [0, 0.05) is 23.9 Å². The zero-order valence-electron chi connectivity index (χ0n) is 14.9. The standard InChI is InChI=1S/C19H25NO5/c1-11-6-7-20(16(8-11)19(22)23)18(21)15-10-13(15)14-9-12(24-2)4-5-17(14)25-3/h4-5,9,11,13,15-16H,6-8,10H2,1-3H3,(H,22,23). The number of rotatable bonds is 5. The molecule has 0 aromatic heterocycles. The Kier molecular flexibility index (Phi) is 4.88. The number of carboxylic acids is 1. The highest BCUT2D eigenvalue weighted by molar-refractivity contribution is 5.88. The van der Waals surface area contributed by atoms with Crippen LogP contribution in [0.2, 0.25) is 0 Å². The van der Waals surface area contributed by atoms with E-state index in [0.717, 1.165) is 29.9 Å². The van der Waals surface area contributed by atoms with E-state index in [1.165, 1.54) is 0 Å². The molecule has 4 atom stereocenters. The van der Waals surface area contributed by atoms with Gasteiger partial charge in [-0.3, -0.25) is 4.79 Å². The fraction of sp³-hybridized carbons (Fsp3) is 0.579. The molecule has 0 spiro atoms. The zero-order valence-corrected chi connectivity index (χ0v) is 14.9. The molecule has 6 heteroatoms. The molecule has 1 saturated carbocycles. The van der Waals surface area contributed by atoms with E-state index in [0.29, 0.717) is 18.9 Å². The van der Waals surface area contributed by atoms with Crippen LogP contribution in [0.25, 0.3) is 0 Å². The van der Waals surface area contributed by atoms with Crippen molar-refractivity contribution < 1.29 is 24.2 Å². The van der Waals surface area contributed by atoms with Gasteiger partial charge in [-0.2, -0.15) is 0 Å². The van der Waals surface area contributed by atoms with Crippen molar-refractivity contribution in [1.29, 1.82) is 0 Å². The fourth-order valence-corrected chi connectivity index (χ4v) is 3.79. The number of nitrogens with zero attached hydrogens (tertiary/aromatic N) is 1. The molecule has 1 N–H and O–H groups in total. The maximum Gasteiger partial charge on any atom is 0.326 e. The van der Waals surface area contributed by atoms with Gasteiger partial charge in [-0.1, -0.05) is 6.92 Å². The van der Waals surface area contributed by atoms with Gasteiger partial charge < -0.3 is 19.5 Å². The van der Waals surface area contributed by atoms with E-state index >= 15 is 0 Å². The van der Waals surface area contributed by atoms with E-state index in [2.05, 4.69) is 0 Å². The summed E-state index contributed by atoms with van der Waals surface area (Å²) in [5, 5.41) is 9.48. The number of benzene rings is 1. The molecule has 1 aliphatic heterocycles. The predicted octanol–water partition coefficient (Wildman–Crippen LogP) is 2.52. The summed E-state index contributed by atoms with van der Waals surface area (Å²) in [4.78, 5) is 26.0. The Labute approximate surface area is 147 Å². The first-order valence-corrected chi connectivity index (χ1v) is 8.71. The molecule has 3 rings (SSSR count). The van der Waals surface area contributed by atoms with Crippen LogP contribution in [0.1, 0.15) is 37.7 Å². The molecule has 1 heterocycles. The Hall–Kier alpha value is -2.24. The van der Waals surface area contributed by atoms with Crippen LogP contribution >= 0.6 is 0 Å². The number of hydrogen-bond donors (Lipinski definition) is 1. The van der Waals surface area contributed by atoms with Gasteiger partial charge in [0.1, 0.15) is 17.5 Å². The molecule has 0 radical (unpaired) electrons. The van der Waals surface area contributed by atoms with Crippen molar-refractivity contribution in [2.45, 2.75) is 38.1 Å². The Morgan fingerprint density at radius 1 is 1.20 bits per heavy atom. The molecule has 136 valence electrons. The van der Waals surface area contributed by atoms with Crippen LogP contribution in [0.3, 0.4) is 0 Å². The lowest BCUT2D eigenvalue weighted by molar-refractivity contribution is -0.153. The molecule has 6 nitrogen and oxygen atoms in total. The average molecular weight is 347 g/mol. The number of piperidine rings is 1. The lowest BCUT2D eigenvalue weighted by atomic mass is 9.92. The van der Waals surface area contributed by atoms with Crippen LogP contribution in [0.4, 0.5) is 0 Å². The quantitative estimate of drug-likeness (QED) is 0.886. The highest BCUT2D eigenvalue weighted by Gasteiger charge is 2.49. The first kappa shape index (κ1) is 17.6. The van der Waals surface area contributed by atoms with Crippen molar-refractivity contribution in [2.24, 2.45) is 11.8 Å². The molecule has 2 fully saturated rings. The highest BCUT2D eigenvalue weighted by atomic mass is 16.5. The van der Waals surface area contributed by atoms with Crippen molar-refractivity contribution in [3.8, 4) is 11.5 Å². The first-order valence-electron chi connectivity index (χ1n) is 8.71. The summed E-state index contributed by atoms with van der Waals surface area (Å²) in [6.45, 7) is 2.56. The molecular formula is C19H25NO5. The summed E-state index contributed by atoms with van der Waals surface area (Å²) in [6.07, 6.45) is 2.11. The molecule has 0 bridgehead atoms. The van der Waals surface area contributed by atoms with Gasteiger partial charge in [-0.05, 0) is 43.4 Å². The van der Waals surface area contributed by atoms with Gasteiger partial charge in [0.2, 0.25) is 5.91 Å². The van der Waals surface area contributed by atoms with E-state index in [-0.39, 0.29) is 17.7 Å². The molecular weight excluding hydrogens is 322 g/mol. The normalized spacial score (nSPS) is 28.4. The lowest BCUT2D eigenvalue weighted by Gasteiger charge is -2.36. The van der Waals surface area contributed by atoms with Crippen LogP contribution < -0.4 is 9.47 Å². The van der Waals surface area contributed by atoms with Crippen molar-refractivity contribution in [2.75, 3.05) is 20.8 Å². The number of carbonyl (C=O) groups excluding carboxylic acids is 1. The third-order valence-electron chi connectivity index (χ3n) is 5.38. The van der Waals surface area contributed by atoms with Gasteiger partial charge in [0.05, 0.1) is 14.2 Å². The Morgan fingerprint density at radius 3 is 2.60 bits per heavy atom. The molecule has 1 aliphatic carbocycles. The smallest absolute Gasteiger partial charge is 0.326 e. The first-order chi connectivity index (χ1) is 12.0. The van der Waals surface area contributed by atoms with Crippen molar-refractivity contribution in [1.82, 2.24) is 4.90 Å². The number of carbonyl (C=O) groups is 2. The second-order valence-electron chi connectivity index (χ2n) is 7.07. The number of amides is 1. The minimum atomic E-state index is -0.906. The summed E-state index contributed by atoms with van der Waals surface area (Å²) in [6, 6.07) is 4.87. The van der Waals surface area contributed by atoms with Gasteiger partial charge in [-0.25, -0.2) is 4.79 Å². The summed E-state index contributed by atoms with van der Waals surface area (Å²) in [5.41, 5.74) is 0.956. The van der Waals surface area contributed by atoms with Crippen molar-refractivity contribution in [3.05, 3.63) is 23.8 Å². The summed E-state index contributed by atoms with van der Waals surface area (Å²) in [7, 11) is 3.21. The third kappa shape index (κ3) is 3.43. The largest absolute Gasteiger partial charge is 0.497 e. The van der Waals surface area contributed by atoms with E-state index in [4.69, 9.17) is 9.47 Å². The number of aliphatic carboxylic acids is 1. The number of hydrogen-bond acceptors (Lipinski definition) is 4. The molecule has 1 aromatic carbocycles. The van der Waals surface area contributed by atoms with Crippen molar-refractivity contribution in [3.63, 3.8) is 0 Å². The van der Waals surface area contributed by atoms with Crippen LogP contribution in [-0.2, 0) is 9.59 Å². The summed E-state index contributed by atoms with van der Waals surface area (Å²) >= 11 is 0. The summed E-state index contributed by atoms with van der Waals surface area (Å²) < 4.78 is 10.7. The van der Waals surface area contributed by atoms with Gasteiger partial charge in [0.15, 0.2) is 0 Å². The number of methoxy groups -OCH3 is 2. The molecule has 1 saturated heterocycles. The monoisotopic (exact) mass is 347 g/mol. The molecule has 2 aliphatic rings. The molecule has 4 unspecified atom stereocenters. The van der Waals surface area contributed by atoms with E-state index in [1.807, 2.05) is 25.1 Å². The van der Waals surface area contributed by atoms with E-state index in [1.54, 1.807) is 19.1 Å². The lowest BCUT2D eigenvalue weighted by Crippen LogP contribution is -2.50. The Balaban J connectivity index is 1.77. The van der Waals surface area contributed by atoms with Gasteiger partial charge in [0.25, 0.3) is 0 Å². The summed E-state index contributed by atoms with van der Waals surface area (Å²) in [5.74, 6) is 0.735. The third-order valence-corrected chi connectivity index (χ3v) is 5.38. The SMILES string of the molecule is COc1ccc(OC)c(C2CC2C(=O)N2CCC(C)CC2C(=O)O)c1. The zero-order chi connectivity index (χ0) is 18.1. The van der Waals surface area contributed by atoms with Crippen molar-refractivity contribution >= 4 is 11.9 Å². The Morgan fingerprint density at radius 2 is 1.96 bits per heavy atom. The van der Waals surface area contributed by atoms with E-state index < -0.39 is 12.0 Å². The average Bonchev–Trinajstić information content (AvgIpc) is 3.41. The van der Waals surface area contributed by atoms with Crippen LogP contribution in [-0.4, -0.2) is 48.7 Å². The topological polar surface area (TPSA) is 76.1 Å². The van der Waals surface area contributed by atoms with Gasteiger partial charge in [-0.15, -0.1) is 0 Å². The van der Waals surface area contributed by atoms with Crippen LogP contribution in [0, 0.1) is 11.8 Å². The van der Waals surface area contributed by atoms with Gasteiger partial charge >= 0.3 is 5.97 Å². The van der Waals surface area contributed by atoms with Crippen LogP contribution in [0.15, 0.2) is 18.2 Å². The minimum absolute atomic E-state index is 0.0471. The number of likely N-dealkylation sites (tertiary alicyclic amines) is 1. The second-order valence-corrected chi connectivity index (χ2v) is 7.07. The maximum absolute atomic E-state index is 12.9. The predicted molar refractivity (Wildman–Crippen MR) is 91.9 cm³/mol. The Bertz CT molecular complexity index is 674. The highest BCUT2D eigenvalue weighted by Crippen LogP contribution is 2.52. The maximum atomic E-state index is 12.9. The molecule has 25 heavy (non-hydrogen) atoms.